The molecule has 3 nitrogen and oxygen atoms in total. The summed E-state index contributed by atoms with van der Waals surface area (Å²) in [6.07, 6.45) is 3.64. The third-order valence-corrected chi connectivity index (χ3v) is 4.34. The van der Waals surface area contributed by atoms with Gasteiger partial charge in [-0.2, -0.15) is 0 Å². The second-order valence-corrected chi connectivity index (χ2v) is 5.78. The average Bonchev–Trinajstić information content (AvgIpc) is 2.45. The number of nitrogens with two attached hydrogens (primary N) is 1. The highest BCUT2D eigenvalue weighted by Crippen LogP contribution is 2.45. The Morgan fingerprint density at radius 2 is 2.10 bits per heavy atom. The lowest BCUT2D eigenvalue weighted by molar-refractivity contribution is -0.141. The Morgan fingerprint density at radius 1 is 1.33 bits per heavy atom. The largest absolute Gasteiger partial charge is 0.472 e. The quantitative estimate of drug-likeness (QED) is 0.910. The Balaban J connectivity index is 1.98. The van der Waals surface area contributed by atoms with Crippen molar-refractivity contribution in [2.24, 2.45) is 11.7 Å². The van der Waals surface area contributed by atoms with Crippen molar-refractivity contribution in [2.75, 3.05) is 0 Å². The standard InChI is InChI=1S/C16H17F2NO2/c17-15(18)8-3-5-12(10-15)16(14(19)20)9-7-11-4-1-2-6-13(11)21-16/h1-2,4,6-7,9,12H,3,5,8,10H2,(H2,19,20). The number of benzene rings is 1. The smallest absolute Gasteiger partial charge is 0.266 e. The molecule has 1 saturated carbocycles. The summed E-state index contributed by atoms with van der Waals surface area (Å²) in [5.74, 6) is -3.58. The van der Waals surface area contributed by atoms with Crippen molar-refractivity contribution in [3.63, 3.8) is 0 Å². The fraction of sp³-hybridized carbons (Fsp3) is 0.438. The van der Waals surface area contributed by atoms with Gasteiger partial charge in [-0.05, 0) is 25.0 Å². The van der Waals surface area contributed by atoms with E-state index in [0.717, 1.165) is 5.56 Å². The van der Waals surface area contributed by atoms with Gasteiger partial charge in [0.1, 0.15) is 5.75 Å². The van der Waals surface area contributed by atoms with Gasteiger partial charge >= 0.3 is 0 Å². The van der Waals surface area contributed by atoms with Crippen LogP contribution in [-0.2, 0) is 4.79 Å². The fourth-order valence-electron chi connectivity index (χ4n) is 3.23. The molecule has 112 valence electrons. The number of hydrogen-bond acceptors (Lipinski definition) is 2. The van der Waals surface area contributed by atoms with Crippen LogP contribution >= 0.6 is 0 Å². The summed E-state index contributed by atoms with van der Waals surface area (Å²) in [6.45, 7) is 0. The molecule has 2 aliphatic rings. The number of carbonyl (C=O) groups excluding carboxylic acids is 1. The molecule has 1 heterocycles. The summed E-state index contributed by atoms with van der Waals surface area (Å²) in [6, 6.07) is 7.18. The van der Waals surface area contributed by atoms with Crippen LogP contribution in [0.3, 0.4) is 0 Å². The summed E-state index contributed by atoms with van der Waals surface area (Å²) < 4.78 is 33.2. The predicted molar refractivity (Wildman–Crippen MR) is 74.9 cm³/mol. The highest BCUT2D eigenvalue weighted by molar-refractivity contribution is 5.89. The van der Waals surface area contributed by atoms with Crippen LogP contribution in [0.4, 0.5) is 8.78 Å². The number of primary amides is 1. The number of carbonyl (C=O) groups is 1. The molecule has 0 saturated heterocycles. The molecule has 1 aliphatic carbocycles. The Morgan fingerprint density at radius 3 is 2.81 bits per heavy atom. The Kier molecular flexibility index (Phi) is 3.23. The fourth-order valence-corrected chi connectivity index (χ4v) is 3.23. The molecule has 0 bridgehead atoms. The minimum atomic E-state index is -2.76. The number of para-hydroxylation sites is 1. The zero-order chi connectivity index (χ0) is 15.1. The number of rotatable bonds is 2. The third-order valence-electron chi connectivity index (χ3n) is 4.34. The molecule has 2 unspecified atom stereocenters. The van der Waals surface area contributed by atoms with Crippen molar-refractivity contribution < 1.29 is 18.3 Å². The van der Waals surface area contributed by atoms with Gasteiger partial charge in [-0.1, -0.05) is 24.3 Å². The topological polar surface area (TPSA) is 52.3 Å². The Hall–Kier alpha value is -1.91. The van der Waals surface area contributed by atoms with Crippen LogP contribution in [0.25, 0.3) is 6.08 Å². The second kappa shape index (κ2) is 4.83. The van der Waals surface area contributed by atoms with E-state index >= 15 is 0 Å². The maximum atomic E-state index is 13.7. The number of ether oxygens (including phenoxy) is 1. The minimum absolute atomic E-state index is 0.140. The van der Waals surface area contributed by atoms with E-state index in [-0.39, 0.29) is 12.8 Å². The highest BCUT2D eigenvalue weighted by Gasteiger charge is 2.51. The molecule has 0 aromatic heterocycles. The molecule has 1 aliphatic heterocycles. The number of halogens is 2. The zero-order valence-electron chi connectivity index (χ0n) is 11.5. The van der Waals surface area contributed by atoms with Gasteiger partial charge in [0.05, 0.1) is 0 Å². The van der Waals surface area contributed by atoms with Crippen molar-refractivity contribution in [3.8, 4) is 5.75 Å². The number of hydrogen-bond donors (Lipinski definition) is 1. The third kappa shape index (κ3) is 2.41. The molecule has 2 atom stereocenters. The van der Waals surface area contributed by atoms with Crippen LogP contribution < -0.4 is 10.5 Å². The second-order valence-electron chi connectivity index (χ2n) is 5.78. The van der Waals surface area contributed by atoms with Crippen LogP contribution in [0, 0.1) is 5.92 Å². The summed E-state index contributed by atoms with van der Waals surface area (Å²) in [5.41, 5.74) is 4.86. The molecule has 1 aromatic carbocycles. The van der Waals surface area contributed by atoms with E-state index in [1.807, 2.05) is 12.1 Å². The monoisotopic (exact) mass is 293 g/mol. The molecule has 5 heteroatoms. The zero-order valence-corrected chi connectivity index (χ0v) is 11.5. The minimum Gasteiger partial charge on any atom is -0.472 e. The van der Waals surface area contributed by atoms with Gasteiger partial charge in [-0.3, -0.25) is 4.79 Å². The molecule has 1 aromatic rings. The maximum absolute atomic E-state index is 13.7. The van der Waals surface area contributed by atoms with Gasteiger partial charge in [-0.25, -0.2) is 8.78 Å². The Bertz CT molecular complexity index is 600. The molecular formula is C16H17F2NO2. The molecular weight excluding hydrogens is 276 g/mol. The number of fused-ring (bicyclic) bond motifs is 1. The van der Waals surface area contributed by atoms with Crippen molar-refractivity contribution in [1.29, 1.82) is 0 Å². The number of amides is 1. The lowest BCUT2D eigenvalue weighted by Gasteiger charge is -2.42. The van der Waals surface area contributed by atoms with Gasteiger partial charge in [-0.15, -0.1) is 0 Å². The van der Waals surface area contributed by atoms with Crippen molar-refractivity contribution in [2.45, 2.75) is 37.2 Å². The molecule has 0 spiro atoms. The van der Waals surface area contributed by atoms with Crippen molar-refractivity contribution in [1.82, 2.24) is 0 Å². The van der Waals surface area contributed by atoms with Gasteiger partial charge < -0.3 is 10.5 Å². The van der Waals surface area contributed by atoms with E-state index in [2.05, 4.69) is 0 Å². The van der Waals surface area contributed by atoms with Crippen LogP contribution in [0.15, 0.2) is 30.3 Å². The summed E-state index contributed by atoms with van der Waals surface area (Å²) in [7, 11) is 0. The summed E-state index contributed by atoms with van der Waals surface area (Å²) in [5, 5.41) is 0. The molecule has 2 N–H and O–H groups in total. The van der Waals surface area contributed by atoms with Gasteiger partial charge in [0.2, 0.25) is 11.5 Å². The van der Waals surface area contributed by atoms with Gasteiger partial charge in [0, 0.05) is 24.3 Å². The van der Waals surface area contributed by atoms with E-state index in [1.54, 1.807) is 24.3 Å². The van der Waals surface area contributed by atoms with Crippen LogP contribution in [0.1, 0.15) is 31.2 Å². The SMILES string of the molecule is NC(=O)C1(C2CCCC(F)(F)C2)C=Cc2ccccc2O1. The number of alkyl halides is 2. The van der Waals surface area contributed by atoms with E-state index < -0.39 is 23.3 Å². The van der Waals surface area contributed by atoms with E-state index in [4.69, 9.17) is 10.5 Å². The van der Waals surface area contributed by atoms with Crippen molar-refractivity contribution >= 4 is 12.0 Å². The molecule has 21 heavy (non-hydrogen) atoms. The maximum Gasteiger partial charge on any atom is 0.266 e. The molecule has 1 fully saturated rings. The molecule has 3 rings (SSSR count). The molecule has 1 amide bonds. The van der Waals surface area contributed by atoms with E-state index in [0.29, 0.717) is 18.6 Å². The van der Waals surface area contributed by atoms with Crippen LogP contribution in [0.5, 0.6) is 5.75 Å². The first-order chi connectivity index (χ1) is 9.93. The lowest BCUT2D eigenvalue weighted by atomic mass is 9.73. The average molecular weight is 293 g/mol. The normalized spacial score (nSPS) is 30.3. The van der Waals surface area contributed by atoms with E-state index in [9.17, 15) is 13.6 Å². The first-order valence-electron chi connectivity index (χ1n) is 7.08. The summed E-state index contributed by atoms with van der Waals surface area (Å²) >= 11 is 0. The van der Waals surface area contributed by atoms with Crippen molar-refractivity contribution in [3.05, 3.63) is 35.9 Å². The molecule has 0 radical (unpaired) electrons. The van der Waals surface area contributed by atoms with Crippen LogP contribution in [0.2, 0.25) is 0 Å². The first-order valence-corrected chi connectivity index (χ1v) is 7.08. The lowest BCUT2D eigenvalue weighted by Crippen LogP contribution is -2.56. The van der Waals surface area contributed by atoms with Crippen LogP contribution in [-0.4, -0.2) is 17.4 Å². The van der Waals surface area contributed by atoms with E-state index in [1.165, 1.54) is 0 Å². The Labute approximate surface area is 121 Å². The van der Waals surface area contributed by atoms with Gasteiger partial charge in [0.25, 0.3) is 5.91 Å². The predicted octanol–water partition coefficient (Wildman–Crippen LogP) is 3.14. The first kappa shape index (κ1) is 14.0. The van der Waals surface area contributed by atoms with Gasteiger partial charge in [0.15, 0.2) is 0 Å². The summed E-state index contributed by atoms with van der Waals surface area (Å²) in [4.78, 5) is 12.0. The highest BCUT2D eigenvalue weighted by atomic mass is 19.3.